The SMILES string of the molecule is CC1(C(=O)O)C=CC=C(C(=O)O)C1.OCCCCO. The lowest BCUT2D eigenvalue weighted by molar-refractivity contribution is -0.145. The molecule has 0 radical (unpaired) electrons. The molecule has 19 heavy (non-hydrogen) atoms. The molecule has 1 unspecified atom stereocenters. The second-order valence-corrected chi connectivity index (χ2v) is 4.41. The minimum Gasteiger partial charge on any atom is -0.481 e. The van der Waals surface area contributed by atoms with Gasteiger partial charge < -0.3 is 20.4 Å². The van der Waals surface area contributed by atoms with Gasteiger partial charge in [-0.3, -0.25) is 4.79 Å². The maximum atomic E-state index is 10.8. The molecular weight excluding hydrogens is 252 g/mol. The highest BCUT2D eigenvalue weighted by Gasteiger charge is 2.34. The summed E-state index contributed by atoms with van der Waals surface area (Å²) in [5.41, 5.74) is -0.949. The van der Waals surface area contributed by atoms with Crippen LogP contribution in [0.1, 0.15) is 26.2 Å². The molecule has 0 aliphatic heterocycles. The van der Waals surface area contributed by atoms with Crippen LogP contribution in [0.2, 0.25) is 0 Å². The molecule has 0 amide bonds. The normalized spacial score (nSPS) is 21.1. The van der Waals surface area contributed by atoms with E-state index in [0.717, 1.165) is 12.8 Å². The predicted molar refractivity (Wildman–Crippen MR) is 68.6 cm³/mol. The largest absolute Gasteiger partial charge is 0.481 e. The van der Waals surface area contributed by atoms with Crippen LogP contribution >= 0.6 is 0 Å². The van der Waals surface area contributed by atoms with Crippen molar-refractivity contribution in [1.82, 2.24) is 0 Å². The lowest BCUT2D eigenvalue weighted by Gasteiger charge is -2.23. The highest BCUT2D eigenvalue weighted by molar-refractivity contribution is 5.90. The van der Waals surface area contributed by atoms with E-state index < -0.39 is 17.4 Å². The van der Waals surface area contributed by atoms with Crippen LogP contribution in [0.15, 0.2) is 23.8 Å². The topological polar surface area (TPSA) is 115 Å². The summed E-state index contributed by atoms with van der Waals surface area (Å²) in [6.45, 7) is 1.89. The van der Waals surface area contributed by atoms with Crippen LogP contribution in [0, 0.1) is 5.41 Å². The average Bonchev–Trinajstić information content (AvgIpc) is 2.37. The number of hydrogen-bond donors (Lipinski definition) is 4. The fourth-order valence-electron chi connectivity index (χ4n) is 1.41. The van der Waals surface area contributed by atoms with E-state index in [2.05, 4.69) is 0 Å². The van der Waals surface area contributed by atoms with E-state index in [9.17, 15) is 9.59 Å². The molecule has 1 rings (SSSR count). The Hall–Kier alpha value is -1.66. The molecule has 6 nitrogen and oxygen atoms in total. The van der Waals surface area contributed by atoms with Gasteiger partial charge in [0.05, 0.1) is 5.41 Å². The van der Waals surface area contributed by atoms with Gasteiger partial charge in [-0.15, -0.1) is 0 Å². The molecule has 1 aliphatic carbocycles. The number of rotatable bonds is 5. The van der Waals surface area contributed by atoms with Crippen LogP contribution in [0.25, 0.3) is 0 Å². The third-order valence-corrected chi connectivity index (χ3v) is 2.65. The molecule has 0 saturated carbocycles. The second-order valence-electron chi connectivity index (χ2n) is 4.41. The molecule has 0 bridgehead atoms. The quantitative estimate of drug-likeness (QED) is 0.550. The summed E-state index contributed by atoms with van der Waals surface area (Å²) in [5.74, 6) is -2.06. The third-order valence-electron chi connectivity index (χ3n) is 2.65. The Labute approximate surface area is 111 Å². The van der Waals surface area contributed by atoms with Crippen LogP contribution in [0.3, 0.4) is 0 Å². The van der Waals surface area contributed by atoms with E-state index in [1.54, 1.807) is 0 Å². The first-order chi connectivity index (χ1) is 8.87. The number of aliphatic hydroxyl groups is 2. The van der Waals surface area contributed by atoms with Crippen molar-refractivity contribution >= 4 is 11.9 Å². The van der Waals surface area contributed by atoms with Crippen molar-refractivity contribution in [2.24, 2.45) is 5.41 Å². The van der Waals surface area contributed by atoms with Crippen LogP contribution in [-0.2, 0) is 9.59 Å². The van der Waals surface area contributed by atoms with Crippen molar-refractivity contribution in [2.75, 3.05) is 13.2 Å². The summed E-state index contributed by atoms with van der Waals surface area (Å²) in [7, 11) is 0. The van der Waals surface area contributed by atoms with Gasteiger partial charge in [0.15, 0.2) is 0 Å². The first-order valence-corrected chi connectivity index (χ1v) is 5.94. The van der Waals surface area contributed by atoms with Crippen molar-refractivity contribution in [3.63, 3.8) is 0 Å². The van der Waals surface area contributed by atoms with E-state index >= 15 is 0 Å². The molecule has 0 spiro atoms. The number of aliphatic carboxylic acids is 2. The Morgan fingerprint density at radius 1 is 1.21 bits per heavy atom. The molecule has 1 aliphatic rings. The van der Waals surface area contributed by atoms with E-state index in [4.69, 9.17) is 20.4 Å². The van der Waals surface area contributed by atoms with E-state index in [1.807, 2.05) is 0 Å². The number of hydrogen-bond acceptors (Lipinski definition) is 4. The molecule has 0 saturated heterocycles. The maximum absolute atomic E-state index is 10.8. The first-order valence-electron chi connectivity index (χ1n) is 5.94. The van der Waals surface area contributed by atoms with Gasteiger partial charge in [-0.05, 0) is 26.2 Å². The lowest BCUT2D eigenvalue weighted by Crippen LogP contribution is -2.28. The summed E-state index contributed by atoms with van der Waals surface area (Å²) in [5, 5.41) is 33.7. The molecule has 0 aromatic carbocycles. The molecule has 0 aromatic heterocycles. The van der Waals surface area contributed by atoms with Gasteiger partial charge in [0.2, 0.25) is 0 Å². The Balaban J connectivity index is 0.000000459. The average molecular weight is 272 g/mol. The Kier molecular flexibility index (Phi) is 7.71. The van der Waals surface area contributed by atoms with Crippen molar-refractivity contribution in [1.29, 1.82) is 0 Å². The van der Waals surface area contributed by atoms with Gasteiger partial charge in [0.1, 0.15) is 0 Å². The minimum absolute atomic E-state index is 0.0359. The van der Waals surface area contributed by atoms with Crippen molar-refractivity contribution in [3.05, 3.63) is 23.8 Å². The highest BCUT2D eigenvalue weighted by Crippen LogP contribution is 2.31. The second kappa shape index (κ2) is 8.44. The zero-order valence-electron chi connectivity index (χ0n) is 10.9. The number of carboxylic acids is 2. The maximum Gasteiger partial charge on any atom is 0.331 e. The predicted octanol–water partition coefficient (Wildman–Crippen LogP) is 0.799. The van der Waals surface area contributed by atoms with Crippen LogP contribution in [0.5, 0.6) is 0 Å². The third kappa shape index (κ3) is 6.17. The van der Waals surface area contributed by atoms with Crippen LogP contribution in [0.4, 0.5) is 0 Å². The van der Waals surface area contributed by atoms with Crippen LogP contribution < -0.4 is 0 Å². The fourth-order valence-corrected chi connectivity index (χ4v) is 1.41. The summed E-state index contributed by atoms with van der Waals surface area (Å²) in [6, 6.07) is 0. The van der Waals surface area contributed by atoms with Gasteiger partial charge in [-0.25, -0.2) is 4.79 Å². The summed E-state index contributed by atoms with van der Waals surface area (Å²) in [6.07, 6.45) is 5.87. The zero-order chi connectivity index (χ0) is 14.9. The molecule has 4 N–H and O–H groups in total. The molecule has 108 valence electrons. The Morgan fingerprint density at radius 2 is 1.74 bits per heavy atom. The molecule has 0 aromatic rings. The standard InChI is InChI=1S/C9H10O4.C4H10O2/c1-9(8(12)13)4-2-3-6(5-9)7(10)11;5-3-1-2-4-6/h2-4H,5H2,1H3,(H,10,11)(H,12,13);5-6H,1-4H2. The van der Waals surface area contributed by atoms with Gasteiger partial charge in [0.25, 0.3) is 0 Å². The number of carbonyl (C=O) groups is 2. The number of aliphatic hydroxyl groups excluding tert-OH is 2. The van der Waals surface area contributed by atoms with Crippen molar-refractivity contribution < 1.29 is 30.0 Å². The molecular formula is C13H20O6. The molecule has 6 heteroatoms. The smallest absolute Gasteiger partial charge is 0.331 e. The summed E-state index contributed by atoms with van der Waals surface area (Å²) >= 11 is 0. The molecule has 1 atom stereocenters. The number of allylic oxidation sites excluding steroid dienone is 2. The van der Waals surface area contributed by atoms with Gasteiger partial charge in [-0.2, -0.15) is 0 Å². The summed E-state index contributed by atoms with van der Waals surface area (Å²) < 4.78 is 0. The zero-order valence-corrected chi connectivity index (χ0v) is 10.9. The van der Waals surface area contributed by atoms with Gasteiger partial charge >= 0.3 is 11.9 Å². The highest BCUT2D eigenvalue weighted by atomic mass is 16.4. The molecule has 0 fully saturated rings. The lowest BCUT2D eigenvalue weighted by atomic mass is 9.80. The Bertz CT molecular complexity index is 367. The van der Waals surface area contributed by atoms with Crippen molar-refractivity contribution in [3.8, 4) is 0 Å². The van der Waals surface area contributed by atoms with E-state index in [0.29, 0.717) is 0 Å². The van der Waals surface area contributed by atoms with Crippen LogP contribution in [-0.4, -0.2) is 45.6 Å². The van der Waals surface area contributed by atoms with Gasteiger partial charge in [-0.1, -0.05) is 18.2 Å². The monoisotopic (exact) mass is 272 g/mol. The van der Waals surface area contributed by atoms with E-state index in [1.165, 1.54) is 25.2 Å². The van der Waals surface area contributed by atoms with E-state index in [-0.39, 0.29) is 25.2 Å². The van der Waals surface area contributed by atoms with Gasteiger partial charge in [0, 0.05) is 18.8 Å². The summed E-state index contributed by atoms with van der Waals surface area (Å²) in [4.78, 5) is 21.3. The minimum atomic E-state index is -1.08. The number of carboxylic acid groups (broad SMARTS) is 2. The first kappa shape index (κ1) is 17.3. The number of unbranched alkanes of at least 4 members (excludes halogenated alkanes) is 1. The Morgan fingerprint density at radius 3 is 2.11 bits per heavy atom. The fraction of sp³-hybridized carbons (Fsp3) is 0.538. The molecule has 0 heterocycles. The van der Waals surface area contributed by atoms with Crippen molar-refractivity contribution in [2.45, 2.75) is 26.2 Å².